The first-order valence-electron chi connectivity index (χ1n) is 7.10. The predicted molar refractivity (Wildman–Crippen MR) is 85.3 cm³/mol. The van der Waals surface area contributed by atoms with E-state index in [4.69, 9.17) is 5.73 Å². The van der Waals surface area contributed by atoms with Gasteiger partial charge in [-0.25, -0.2) is 0 Å². The van der Waals surface area contributed by atoms with Gasteiger partial charge in [0.25, 0.3) is 5.91 Å². The molecular weight excluding hydrogens is 268 g/mol. The van der Waals surface area contributed by atoms with Crippen LogP contribution < -0.4 is 5.73 Å². The largest absolute Gasteiger partial charge is 0.397 e. The van der Waals surface area contributed by atoms with E-state index in [1.54, 1.807) is 0 Å². The number of nitrogen functional groups attached to an aromatic ring is 1. The van der Waals surface area contributed by atoms with Crippen molar-refractivity contribution in [3.8, 4) is 0 Å². The molecule has 1 aliphatic carbocycles. The van der Waals surface area contributed by atoms with Gasteiger partial charge in [-0.1, -0.05) is 18.6 Å². The second kappa shape index (κ2) is 5.09. The predicted octanol–water partition coefficient (Wildman–Crippen LogP) is 3.66. The van der Waals surface area contributed by atoms with Crippen molar-refractivity contribution in [1.29, 1.82) is 0 Å². The van der Waals surface area contributed by atoms with Crippen LogP contribution in [0.25, 0.3) is 10.1 Å². The summed E-state index contributed by atoms with van der Waals surface area (Å²) in [6.07, 6.45) is 3.80. The molecule has 20 heavy (non-hydrogen) atoms. The first kappa shape index (κ1) is 13.4. The molecule has 1 heterocycles. The monoisotopic (exact) mass is 288 g/mol. The minimum Gasteiger partial charge on any atom is -0.397 e. The maximum Gasteiger partial charge on any atom is 0.265 e. The Morgan fingerprint density at radius 1 is 1.45 bits per heavy atom. The van der Waals surface area contributed by atoms with E-state index in [0.717, 1.165) is 16.6 Å². The van der Waals surface area contributed by atoms with Crippen LogP contribution in [0, 0.1) is 12.8 Å². The first-order chi connectivity index (χ1) is 9.56. The molecule has 2 aromatic rings. The molecule has 0 bridgehead atoms. The number of nitrogens with zero attached hydrogens (tertiary/aromatic N) is 1. The number of rotatable bonds is 3. The van der Waals surface area contributed by atoms with E-state index in [1.165, 1.54) is 36.2 Å². The quantitative estimate of drug-likeness (QED) is 0.936. The highest BCUT2D eigenvalue weighted by Gasteiger charge is 2.24. The summed E-state index contributed by atoms with van der Waals surface area (Å²) in [5, 5.41) is 1.00. The molecule has 0 unspecified atom stereocenters. The number of carbonyl (C=O) groups excluding carboxylic acids is 1. The fraction of sp³-hybridized carbons (Fsp3) is 0.438. The van der Waals surface area contributed by atoms with Crippen LogP contribution in [0.15, 0.2) is 18.2 Å². The number of amides is 1. The maximum absolute atomic E-state index is 12.6. The molecule has 106 valence electrons. The number of aryl methyl sites for hydroxylation is 1. The van der Waals surface area contributed by atoms with Gasteiger partial charge in [-0.05, 0) is 37.3 Å². The Kier molecular flexibility index (Phi) is 3.42. The number of hydrogen-bond donors (Lipinski definition) is 1. The number of benzene rings is 1. The number of thiophene rings is 1. The van der Waals surface area contributed by atoms with Crippen molar-refractivity contribution in [2.75, 3.05) is 19.3 Å². The Balaban J connectivity index is 1.88. The molecule has 1 aromatic heterocycles. The van der Waals surface area contributed by atoms with Gasteiger partial charge in [0.05, 0.1) is 5.69 Å². The van der Waals surface area contributed by atoms with E-state index in [2.05, 4.69) is 13.0 Å². The zero-order valence-electron chi connectivity index (χ0n) is 12.0. The third-order valence-corrected chi connectivity index (χ3v) is 5.34. The molecule has 1 amide bonds. The van der Waals surface area contributed by atoms with Crippen molar-refractivity contribution in [3.63, 3.8) is 0 Å². The summed E-state index contributed by atoms with van der Waals surface area (Å²) >= 11 is 1.51. The fourth-order valence-corrected chi connectivity index (χ4v) is 3.92. The molecule has 0 spiro atoms. The lowest BCUT2D eigenvalue weighted by atomic mass is 9.85. The van der Waals surface area contributed by atoms with Crippen molar-refractivity contribution in [2.45, 2.75) is 26.2 Å². The van der Waals surface area contributed by atoms with E-state index in [-0.39, 0.29) is 5.91 Å². The van der Waals surface area contributed by atoms with Gasteiger partial charge in [0.15, 0.2) is 0 Å². The molecule has 0 aliphatic heterocycles. The van der Waals surface area contributed by atoms with Gasteiger partial charge < -0.3 is 10.6 Å². The SMILES string of the molecule is Cc1ccc2c(N)c(C(=O)N(C)CC3CCC3)sc2c1. The summed E-state index contributed by atoms with van der Waals surface area (Å²) < 4.78 is 1.10. The minimum absolute atomic E-state index is 0.0632. The van der Waals surface area contributed by atoms with Crippen LogP contribution in [-0.4, -0.2) is 24.4 Å². The number of anilines is 1. The normalized spacial score (nSPS) is 15.3. The second-order valence-electron chi connectivity index (χ2n) is 5.83. The Labute approximate surface area is 123 Å². The molecule has 1 aliphatic rings. The summed E-state index contributed by atoms with van der Waals surface area (Å²) in [6, 6.07) is 6.15. The molecule has 1 fully saturated rings. The Morgan fingerprint density at radius 3 is 2.85 bits per heavy atom. The lowest BCUT2D eigenvalue weighted by molar-refractivity contribution is 0.0751. The fourth-order valence-electron chi connectivity index (χ4n) is 2.70. The van der Waals surface area contributed by atoms with Gasteiger partial charge in [-0.15, -0.1) is 11.3 Å². The molecule has 4 heteroatoms. The molecule has 1 saturated carbocycles. The molecule has 0 atom stereocenters. The zero-order chi connectivity index (χ0) is 14.3. The van der Waals surface area contributed by atoms with E-state index < -0.39 is 0 Å². The van der Waals surface area contributed by atoms with E-state index >= 15 is 0 Å². The van der Waals surface area contributed by atoms with E-state index in [9.17, 15) is 4.79 Å². The van der Waals surface area contributed by atoms with Crippen LogP contribution in [-0.2, 0) is 0 Å². The van der Waals surface area contributed by atoms with Gasteiger partial charge in [-0.2, -0.15) is 0 Å². The van der Waals surface area contributed by atoms with Crippen molar-refractivity contribution >= 4 is 33.0 Å². The van der Waals surface area contributed by atoms with Gasteiger partial charge in [-0.3, -0.25) is 4.79 Å². The van der Waals surface area contributed by atoms with Gasteiger partial charge in [0.2, 0.25) is 0 Å². The van der Waals surface area contributed by atoms with Crippen LogP contribution in [0.3, 0.4) is 0 Å². The highest BCUT2D eigenvalue weighted by atomic mass is 32.1. The van der Waals surface area contributed by atoms with Crippen LogP contribution in [0.5, 0.6) is 0 Å². The summed E-state index contributed by atoms with van der Waals surface area (Å²) in [6.45, 7) is 2.91. The minimum atomic E-state index is 0.0632. The van der Waals surface area contributed by atoms with Crippen molar-refractivity contribution in [1.82, 2.24) is 4.90 Å². The highest BCUT2D eigenvalue weighted by Crippen LogP contribution is 2.35. The zero-order valence-corrected chi connectivity index (χ0v) is 12.8. The van der Waals surface area contributed by atoms with Crippen LogP contribution in [0.2, 0.25) is 0 Å². The van der Waals surface area contributed by atoms with Crippen molar-refractivity contribution in [3.05, 3.63) is 28.6 Å². The molecule has 3 rings (SSSR count). The Morgan fingerprint density at radius 2 is 2.20 bits per heavy atom. The lowest BCUT2D eigenvalue weighted by Crippen LogP contribution is -2.34. The standard InChI is InChI=1S/C16H20N2OS/c1-10-6-7-12-13(8-10)20-15(14(12)17)16(19)18(2)9-11-4-3-5-11/h6-8,11H,3-5,9,17H2,1-2H3. The van der Waals surface area contributed by atoms with Crippen LogP contribution in [0.1, 0.15) is 34.5 Å². The molecule has 0 radical (unpaired) electrons. The summed E-state index contributed by atoms with van der Waals surface area (Å²) in [7, 11) is 1.88. The number of nitrogens with two attached hydrogens (primary N) is 1. The van der Waals surface area contributed by atoms with Crippen LogP contribution in [0.4, 0.5) is 5.69 Å². The Bertz CT molecular complexity index is 658. The summed E-state index contributed by atoms with van der Waals surface area (Å²) in [5.74, 6) is 0.745. The molecule has 0 saturated heterocycles. The van der Waals surface area contributed by atoms with Gasteiger partial charge >= 0.3 is 0 Å². The Hall–Kier alpha value is -1.55. The average molecular weight is 288 g/mol. The van der Waals surface area contributed by atoms with Gasteiger partial charge in [0, 0.05) is 23.7 Å². The molecular formula is C16H20N2OS. The summed E-state index contributed by atoms with van der Waals surface area (Å²) in [4.78, 5) is 15.1. The molecule has 2 N–H and O–H groups in total. The number of carbonyl (C=O) groups is 1. The average Bonchev–Trinajstić information content (AvgIpc) is 2.69. The molecule has 3 nitrogen and oxygen atoms in total. The topological polar surface area (TPSA) is 46.3 Å². The first-order valence-corrected chi connectivity index (χ1v) is 7.92. The molecule has 1 aromatic carbocycles. The van der Waals surface area contributed by atoms with Crippen molar-refractivity contribution < 1.29 is 4.79 Å². The van der Waals surface area contributed by atoms with E-state index in [0.29, 0.717) is 16.5 Å². The second-order valence-corrected chi connectivity index (χ2v) is 6.88. The maximum atomic E-state index is 12.6. The lowest BCUT2D eigenvalue weighted by Gasteiger charge is -2.30. The van der Waals surface area contributed by atoms with E-state index in [1.807, 2.05) is 24.1 Å². The number of fused-ring (bicyclic) bond motifs is 1. The summed E-state index contributed by atoms with van der Waals surface area (Å²) in [5.41, 5.74) is 8.00. The van der Waals surface area contributed by atoms with Crippen molar-refractivity contribution in [2.24, 2.45) is 5.92 Å². The van der Waals surface area contributed by atoms with Crippen LogP contribution >= 0.6 is 11.3 Å². The third kappa shape index (κ3) is 2.29. The highest BCUT2D eigenvalue weighted by molar-refractivity contribution is 7.21. The number of hydrogen-bond acceptors (Lipinski definition) is 3. The smallest absolute Gasteiger partial charge is 0.265 e. The third-order valence-electron chi connectivity index (χ3n) is 4.18. The van der Waals surface area contributed by atoms with Gasteiger partial charge in [0.1, 0.15) is 4.88 Å².